The SMILES string of the molecule is Cc1nn(-c2ccccc2)c(N2CCCC2CO)c1CN. The van der Waals surface area contributed by atoms with E-state index < -0.39 is 0 Å². The topological polar surface area (TPSA) is 67.3 Å². The second-order valence-electron chi connectivity index (χ2n) is 5.51. The number of nitrogens with two attached hydrogens (primary N) is 1. The largest absolute Gasteiger partial charge is 0.394 e. The summed E-state index contributed by atoms with van der Waals surface area (Å²) in [5, 5.41) is 14.3. The second kappa shape index (κ2) is 5.87. The van der Waals surface area contributed by atoms with Crippen LogP contribution in [0.5, 0.6) is 0 Å². The van der Waals surface area contributed by atoms with Crippen molar-refractivity contribution in [3.63, 3.8) is 0 Å². The van der Waals surface area contributed by atoms with Gasteiger partial charge in [-0.1, -0.05) is 18.2 Å². The fourth-order valence-electron chi connectivity index (χ4n) is 3.13. The molecule has 21 heavy (non-hydrogen) atoms. The molecule has 1 saturated heterocycles. The number of nitrogens with zero attached hydrogens (tertiary/aromatic N) is 3. The molecule has 0 bridgehead atoms. The van der Waals surface area contributed by atoms with Crippen molar-refractivity contribution in [1.82, 2.24) is 9.78 Å². The van der Waals surface area contributed by atoms with Gasteiger partial charge >= 0.3 is 0 Å². The summed E-state index contributed by atoms with van der Waals surface area (Å²) in [4.78, 5) is 2.26. The summed E-state index contributed by atoms with van der Waals surface area (Å²) in [6, 6.07) is 10.3. The Morgan fingerprint density at radius 2 is 2.10 bits per heavy atom. The summed E-state index contributed by atoms with van der Waals surface area (Å²) in [5.74, 6) is 1.04. The van der Waals surface area contributed by atoms with Gasteiger partial charge in [0.05, 0.1) is 24.0 Å². The monoisotopic (exact) mass is 286 g/mol. The van der Waals surface area contributed by atoms with Crippen molar-refractivity contribution < 1.29 is 5.11 Å². The highest BCUT2D eigenvalue weighted by Crippen LogP contribution is 2.32. The van der Waals surface area contributed by atoms with Crippen molar-refractivity contribution in [3.05, 3.63) is 41.6 Å². The molecular weight excluding hydrogens is 264 g/mol. The van der Waals surface area contributed by atoms with Gasteiger partial charge in [0, 0.05) is 18.7 Å². The Bertz CT molecular complexity index is 608. The lowest BCUT2D eigenvalue weighted by molar-refractivity contribution is 0.265. The predicted octanol–water partition coefficient (Wildman–Crippen LogP) is 1.60. The molecule has 0 aliphatic carbocycles. The average Bonchev–Trinajstić information content (AvgIpc) is 3.11. The van der Waals surface area contributed by atoms with Crippen molar-refractivity contribution in [2.24, 2.45) is 5.73 Å². The third-order valence-electron chi connectivity index (χ3n) is 4.22. The van der Waals surface area contributed by atoms with Crippen molar-refractivity contribution in [1.29, 1.82) is 0 Å². The van der Waals surface area contributed by atoms with E-state index in [1.165, 1.54) is 0 Å². The molecule has 0 saturated carbocycles. The number of hydrogen-bond acceptors (Lipinski definition) is 4. The third-order valence-corrected chi connectivity index (χ3v) is 4.22. The van der Waals surface area contributed by atoms with Crippen LogP contribution < -0.4 is 10.6 Å². The molecule has 2 heterocycles. The molecule has 2 aromatic rings. The normalized spacial score (nSPS) is 18.4. The van der Waals surface area contributed by atoms with Gasteiger partial charge in [0.2, 0.25) is 0 Å². The van der Waals surface area contributed by atoms with Gasteiger partial charge in [-0.2, -0.15) is 5.10 Å². The lowest BCUT2D eigenvalue weighted by Gasteiger charge is -2.27. The molecule has 0 amide bonds. The van der Waals surface area contributed by atoms with Crippen LogP contribution in [0.1, 0.15) is 24.1 Å². The van der Waals surface area contributed by atoms with Crippen molar-refractivity contribution in [2.45, 2.75) is 32.4 Å². The van der Waals surface area contributed by atoms with E-state index in [1.807, 2.05) is 41.9 Å². The Labute approximate surface area is 125 Å². The first-order chi connectivity index (χ1) is 10.3. The maximum absolute atomic E-state index is 9.63. The van der Waals surface area contributed by atoms with Gasteiger partial charge in [-0.15, -0.1) is 0 Å². The molecule has 3 rings (SSSR count). The molecule has 1 aliphatic rings. The van der Waals surface area contributed by atoms with Crippen LogP contribution in [-0.4, -0.2) is 34.1 Å². The zero-order valence-corrected chi connectivity index (χ0v) is 12.4. The van der Waals surface area contributed by atoms with Gasteiger partial charge in [-0.05, 0) is 31.9 Å². The summed E-state index contributed by atoms with van der Waals surface area (Å²) < 4.78 is 1.96. The van der Waals surface area contributed by atoms with E-state index in [1.54, 1.807) is 0 Å². The van der Waals surface area contributed by atoms with E-state index >= 15 is 0 Å². The van der Waals surface area contributed by atoms with Crippen LogP contribution in [0, 0.1) is 6.92 Å². The number of aryl methyl sites for hydroxylation is 1. The lowest BCUT2D eigenvalue weighted by atomic mass is 10.2. The van der Waals surface area contributed by atoms with Crippen molar-refractivity contribution in [3.8, 4) is 5.69 Å². The van der Waals surface area contributed by atoms with Gasteiger partial charge in [0.15, 0.2) is 0 Å². The molecule has 1 aromatic heterocycles. The minimum absolute atomic E-state index is 0.161. The zero-order valence-electron chi connectivity index (χ0n) is 12.4. The highest BCUT2D eigenvalue weighted by atomic mass is 16.3. The van der Waals surface area contributed by atoms with Crippen LogP contribution in [-0.2, 0) is 6.54 Å². The Kier molecular flexibility index (Phi) is 3.94. The highest BCUT2D eigenvalue weighted by molar-refractivity contribution is 5.56. The molecule has 112 valence electrons. The van der Waals surface area contributed by atoms with E-state index in [4.69, 9.17) is 5.73 Å². The summed E-state index contributed by atoms with van der Waals surface area (Å²) in [6.07, 6.45) is 2.10. The minimum atomic E-state index is 0.161. The van der Waals surface area contributed by atoms with Gasteiger partial charge in [-0.3, -0.25) is 0 Å². The molecule has 1 unspecified atom stereocenters. The van der Waals surface area contributed by atoms with Crippen molar-refractivity contribution >= 4 is 5.82 Å². The number of aliphatic hydroxyl groups is 1. The average molecular weight is 286 g/mol. The lowest BCUT2D eigenvalue weighted by Crippen LogP contribution is -2.34. The minimum Gasteiger partial charge on any atom is -0.394 e. The van der Waals surface area contributed by atoms with Crippen LogP contribution >= 0.6 is 0 Å². The molecule has 0 radical (unpaired) electrons. The van der Waals surface area contributed by atoms with Gasteiger partial charge in [0.1, 0.15) is 5.82 Å². The quantitative estimate of drug-likeness (QED) is 0.896. The standard InChI is InChI=1S/C16H22N4O/c1-12-15(10-17)16(19-9-5-8-14(19)11-21)20(18-12)13-6-3-2-4-7-13/h2-4,6-7,14,21H,5,8-11,17H2,1H3. The fourth-order valence-corrected chi connectivity index (χ4v) is 3.13. The van der Waals surface area contributed by atoms with E-state index in [0.29, 0.717) is 6.54 Å². The highest BCUT2D eigenvalue weighted by Gasteiger charge is 2.30. The van der Waals surface area contributed by atoms with E-state index in [-0.39, 0.29) is 12.6 Å². The molecular formula is C16H22N4O. The number of aromatic nitrogens is 2. The molecule has 1 aliphatic heterocycles. The molecule has 0 spiro atoms. The first kappa shape index (κ1) is 14.1. The molecule has 5 heteroatoms. The Morgan fingerprint density at radius 3 is 2.76 bits per heavy atom. The number of benzene rings is 1. The summed E-state index contributed by atoms with van der Waals surface area (Å²) in [6.45, 7) is 3.57. The van der Waals surface area contributed by atoms with Crippen LogP contribution in [0.2, 0.25) is 0 Å². The second-order valence-corrected chi connectivity index (χ2v) is 5.51. The maximum Gasteiger partial charge on any atom is 0.137 e. The molecule has 1 aromatic carbocycles. The summed E-state index contributed by atoms with van der Waals surface area (Å²) >= 11 is 0. The third kappa shape index (κ3) is 2.43. The molecule has 1 fully saturated rings. The van der Waals surface area contributed by atoms with Crippen LogP contribution in [0.3, 0.4) is 0 Å². The number of rotatable bonds is 4. The predicted molar refractivity (Wildman–Crippen MR) is 83.6 cm³/mol. The number of para-hydroxylation sites is 1. The molecule has 5 nitrogen and oxygen atoms in total. The molecule has 3 N–H and O–H groups in total. The van der Waals surface area contributed by atoms with Crippen LogP contribution in [0.15, 0.2) is 30.3 Å². The Hall–Kier alpha value is -1.85. The first-order valence-electron chi connectivity index (χ1n) is 7.47. The molecule has 1 atom stereocenters. The van der Waals surface area contributed by atoms with Crippen LogP contribution in [0.4, 0.5) is 5.82 Å². The summed E-state index contributed by atoms with van der Waals surface area (Å²) in [7, 11) is 0. The first-order valence-corrected chi connectivity index (χ1v) is 7.47. The number of hydrogen-bond donors (Lipinski definition) is 2. The van der Waals surface area contributed by atoms with E-state index in [9.17, 15) is 5.11 Å². The smallest absolute Gasteiger partial charge is 0.137 e. The van der Waals surface area contributed by atoms with Gasteiger partial charge in [-0.25, -0.2) is 4.68 Å². The maximum atomic E-state index is 9.63. The van der Waals surface area contributed by atoms with E-state index in [0.717, 1.165) is 42.1 Å². The van der Waals surface area contributed by atoms with Gasteiger partial charge in [0.25, 0.3) is 0 Å². The Morgan fingerprint density at radius 1 is 1.33 bits per heavy atom. The Balaban J connectivity index is 2.13. The van der Waals surface area contributed by atoms with E-state index in [2.05, 4.69) is 10.00 Å². The number of anilines is 1. The number of aliphatic hydroxyl groups excluding tert-OH is 1. The van der Waals surface area contributed by atoms with Crippen molar-refractivity contribution in [2.75, 3.05) is 18.1 Å². The van der Waals surface area contributed by atoms with Gasteiger partial charge < -0.3 is 15.7 Å². The zero-order chi connectivity index (χ0) is 14.8. The summed E-state index contributed by atoms with van der Waals surface area (Å²) in [5.41, 5.74) is 9.01. The fraction of sp³-hybridized carbons (Fsp3) is 0.438. The van der Waals surface area contributed by atoms with Crippen LogP contribution in [0.25, 0.3) is 5.69 Å².